The Bertz CT molecular complexity index is 400. The molecule has 1 atom stereocenters. The highest BCUT2D eigenvalue weighted by Gasteiger charge is 2.24. The van der Waals surface area contributed by atoms with Crippen LogP contribution in [0, 0.1) is 12.8 Å². The lowest BCUT2D eigenvalue weighted by Crippen LogP contribution is -2.38. The van der Waals surface area contributed by atoms with Crippen molar-refractivity contribution in [3.63, 3.8) is 0 Å². The second-order valence-corrected chi connectivity index (χ2v) is 5.02. The number of aromatic nitrogens is 2. The summed E-state index contributed by atoms with van der Waals surface area (Å²) in [7, 11) is 1.83. The zero-order valence-corrected chi connectivity index (χ0v) is 11.3. The molecule has 0 saturated carbocycles. The molecule has 5 heteroatoms. The van der Waals surface area contributed by atoms with Crippen molar-refractivity contribution in [2.45, 2.75) is 32.8 Å². The van der Waals surface area contributed by atoms with Gasteiger partial charge in [0.2, 0.25) is 5.95 Å². The van der Waals surface area contributed by atoms with E-state index in [0.29, 0.717) is 11.9 Å². The average Bonchev–Trinajstić information content (AvgIpc) is 2.39. The molecule has 1 fully saturated rings. The summed E-state index contributed by atoms with van der Waals surface area (Å²) < 4.78 is 0. The lowest BCUT2D eigenvalue weighted by molar-refractivity contribution is 0.109. The molecule has 5 nitrogen and oxygen atoms in total. The van der Waals surface area contributed by atoms with Crippen molar-refractivity contribution in [2.75, 3.05) is 30.4 Å². The predicted octanol–water partition coefficient (Wildman–Crippen LogP) is 1.42. The van der Waals surface area contributed by atoms with Crippen LogP contribution in [0.15, 0.2) is 6.20 Å². The Balaban J connectivity index is 2.09. The molecule has 0 spiro atoms. The molecule has 0 bridgehead atoms. The minimum absolute atomic E-state index is 0.202. The number of rotatable bonds is 3. The van der Waals surface area contributed by atoms with E-state index in [9.17, 15) is 5.11 Å². The Morgan fingerprint density at radius 1 is 1.44 bits per heavy atom. The van der Waals surface area contributed by atoms with Crippen LogP contribution in [0.2, 0.25) is 0 Å². The molecule has 1 aliphatic heterocycles. The molecule has 1 unspecified atom stereocenters. The molecule has 0 aromatic carbocycles. The minimum Gasteiger partial charge on any atom is -0.393 e. The molecule has 2 N–H and O–H groups in total. The second-order valence-electron chi connectivity index (χ2n) is 5.02. The Morgan fingerprint density at radius 2 is 2.11 bits per heavy atom. The molecule has 18 heavy (non-hydrogen) atoms. The van der Waals surface area contributed by atoms with Crippen LogP contribution >= 0.6 is 0 Å². The molecule has 0 amide bonds. The predicted molar refractivity (Wildman–Crippen MR) is 72.9 cm³/mol. The summed E-state index contributed by atoms with van der Waals surface area (Å²) in [5.74, 6) is 2.10. The Kier molecular flexibility index (Phi) is 4.01. The molecule has 1 aromatic heterocycles. The van der Waals surface area contributed by atoms with Gasteiger partial charge in [0, 0.05) is 31.9 Å². The van der Waals surface area contributed by atoms with Crippen molar-refractivity contribution in [1.29, 1.82) is 0 Å². The molecule has 1 aromatic rings. The van der Waals surface area contributed by atoms with Crippen molar-refractivity contribution >= 4 is 11.8 Å². The fraction of sp³-hybridized carbons (Fsp3) is 0.692. The fourth-order valence-corrected chi connectivity index (χ4v) is 2.47. The number of aryl methyl sites for hydroxylation is 1. The van der Waals surface area contributed by atoms with Gasteiger partial charge < -0.3 is 15.3 Å². The van der Waals surface area contributed by atoms with E-state index < -0.39 is 0 Å². The van der Waals surface area contributed by atoms with E-state index in [2.05, 4.69) is 20.2 Å². The van der Waals surface area contributed by atoms with E-state index in [-0.39, 0.29) is 6.10 Å². The lowest BCUT2D eigenvalue weighted by atomic mass is 9.92. The summed E-state index contributed by atoms with van der Waals surface area (Å²) in [5.41, 5.74) is 1.10. The van der Waals surface area contributed by atoms with E-state index in [1.165, 1.54) is 0 Å². The number of nitrogens with one attached hydrogen (secondary N) is 1. The van der Waals surface area contributed by atoms with Gasteiger partial charge in [0.25, 0.3) is 0 Å². The first kappa shape index (κ1) is 13.1. The van der Waals surface area contributed by atoms with Gasteiger partial charge in [-0.15, -0.1) is 0 Å². The van der Waals surface area contributed by atoms with Crippen molar-refractivity contribution < 1.29 is 5.11 Å². The lowest BCUT2D eigenvalue weighted by Gasteiger charge is -2.34. The highest BCUT2D eigenvalue weighted by molar-refractivity contribution is 5.49. The van der Waals surface area contributed by atoms with E-state index in [0.717, 1.165) is 37.3 Å². The highest BCUT2D eigenvalue weighted by Crippen LogP contribution is 2.26. The van der Waals surface area contributed by atoms with Crippen molar-refractivity contribution in [1.82, 2.24) is 9.97 Å². The molecule has 1 saturated heterocycles. The van der Waals surface area contributed by atoms with Crippen LogP contribution in [0.5, 0.6) is 0 Å². The normalized spacial score (nSPS) is 18.8. The summed E-state index contributed by atoms with van der Waals surface area (Å²) in [6.45, 7) is 5.83. The topological polar surface area (TPSA) is 61.3 Å². The third-order valence-corrected chi connectivity index (χ3v) is 3.69. The van der Waals surface area contributed by atoms with Gasteiger partial charge >= 0.3 is 0 Å². The van der Waals surface area contributed by atoms with Gasteiger partial charge in [-0.2, -0.15) is 4.98 Å². The summed E-state index contributed by atoms with van der Waals surface area (Å²) in [6.07, 6.45) is 3.70. The number of piperidine rings is 1. The molecular formula is C13H22N4O. The first-order chi connectivity index (χ1) is 8.61. The molecular weight excluding hydrogens is 228 g/mol. The number of anilines is 2. The first-order valence-electron chi connectivity index (χ1n) is 6.56. The van der Waals surface area contributed by atoms with Crippen LogP contribution < -0.4 is 10.2 Å². The van der Waals surface area contributed by atoms with Crippen LogP contribution in [0.4, 0.5) is 11.8 Å². The molecule has 0 aliphatic carbocycles. The number of hydrogen-bond acceptors (Lipinski definition) is 5. The molecule has 2 heterocycles. The van der Waals surface area contributed by atoms with Crippen molar-refractivity contribution in [3.8, 4) is 0 Å². The molecule has 0 radical (unpaired) electrons. The SMILES string of the molecule is CNc1ncc(C)c(N2CCC(C(C)O)CC2)n1. The number of aliphatic hydroxyl groups excluding tert-OH is 1. The number of hydrogen-bond donors (Lipinski definition) is 2. The third kappa shape index (κ3) is 2.72. The summed E-state index contributed by atoms with van der Waals surface area (Å²) >= 11 is 0. The second kappa shape index (κ2) is 5.52. The maximum Gasteiger partial charge on any atom is 0.224 e. The Labute approximate surface area is 108 Å². The van der Waals surface area contributed by atoms with Gasteiger partial charge in [-0.05, 0) is 32.6 Å². The minimum atomic E-state index is -0.202. The van der Waals surface area contributed by atoms with E-state index in [1.54, 1.807) is 0 Å². The van der Waals surface area contributed by atoms with Crippen LogP contribution in [0.3, 0.4) is 0 Å². The Hall–Kier alpha value is -1.36. The fourth-order valence-electron chi connectivity index (χ4n) is 2.47. The third-order valence-electron chi connectivity index (χ3n) is 3.69. The maximum absolute atomic E-state index is 9.62. The number of aliphatic hydroxyl groups is 1. The number of nitrogens with zero attached hydrogens (tertiary/aromatic N) is 3. The van der Waals surface area contributed by atoms with E-state index in [1.807, 2.05) is 27.1 Å². The van der Waals surface area contributed by atoms with Crippen LogP contribution in [-0.4, -0.2) is 41.3 Å². The molecule has 2 rings (SSSR count). The zero-order chi connectivity index (χ0) is 13.1. The van der Waals surface area contributed by atoms with Gasteiger partial charge in [0.05, 0.1) is 6.10 Å². The van der Waals surface area contributed by atoms with Gasteiger partial charge in [-0.3, -0.25) is 0 Å². The van der Waals surface area contributed by atoms with Crippen LogP contribution in [-0.2, 0) is 0 Å². The van der Waals surface area contributed by atoms with Crippen LogP contribution in [0.25, 0.3) is 0 Å². The van der Waals surface area contributed by atoms with Gasteiger partial charge in [0.1, 0.15) is 5.82 Å². The first-order valence-corrected chi connectivity index (χ1v) is 6.56. The Morgan fingerprint density at radius 3 is 2.67 bits per heavy atom. The largest absolute Gasteiger partial charge is 0.393 e. The zero-order valence-electron chi connectivity index (χ0n) is 11.3. The maximum atomic E-state index is 9.62. The summed E-state index contributed by atoms with van der Waals surface area (Å²) in [4.78, 5) is 11.0. The average molecular weight is 250 g/mol. The quantitative estimate of drug-likeness (QED) is 0.849. The van der Waals surface area contributed by atoms with Crippen molar-refractivity contribution in [3.05, 3.63) is 11.8 Å². The van der Waals surface area contributed by atoms with E-state index in [4.69, 9.17) is 0 Å². The smallest absolute Gasteiger partial charge is 0.224 e. The summed E-state index contributed by atoms with van der Waals surface area (Å²) in [5, 5.41) is 12.6. The van der Waals surface area contributed by atoms with Crippen molar-refractivity contribution in [2.24, 2.45) is 5.92 Å². The standard InChI is InChI=1S/C13H22N4O/c1-9-8-15-13(14-3)16-12(9)17-6-4-11(5-7-17)10(2)18/h8,10-11,18H,4-7H2,1-3H3,(H,14,15,16). The molecule has 100 valence electrons. The summed E-state index contributed by atoms with van der Waals surface area (Å²) in [6, 6.07) is 0. The monoisotopic (exact) mass is 250 g/mol. The van der Waals surface area contributed by atoms with Gasteiger partial charge in [-0.25, -0.2) is 4.98 Å². The van der Waals surface area contributed by atoms with Crippen LogP contribution in [0.1, 0.15) is 25.3 Å². The highest BCUT2D eigenvalue weighted by atomic mass is 16.3. The van der Waals surface area contributed by atoms with Gasteiger partial charge in [0.15, 0.2) is 0 Å². The molecule has 1 aliphatic rings. The van der Waals surface area contributed by atoms with E-state index >= 15 is 0 Å². The van der Waals surface area contributed by atoms with Gasteiger partial charge in [-0.1, -0.05) is 0 Å².